The zero-order chi connectivity index (χ0) is 35.1. The second-order valence-electron chi connectivity index (χ2n) is 15.7. The van der Waals surface area contributed by atoms with E-state index in [0.717, 1.165) is 33.2 Å². The molecule has 0 saturated heterocycles. The molecule has 0 atom stereocenters. The molecular weight excluding hydrogens is 633 g/mol. The van der Waals surface area contributed by atoms with Crippen molar-refractivity contribution < 1.29 is 0 Å². The second kappa shape index (κ2) is 9.98. The Morgan fingerprint density at radius 2 is 0.750 bits per heavy atom. The largest absolute Gasteiger partial charge is 0.309 e. The minimum absolute atomic E-state index is 0.0690. The third-order valence-electron chi connectivity index (χ3n) is 12.3. The smallest absolute Gasteiger partial charge is 0.197 e. The van der Waals surface area contributed by atoms with Crippen LogP contribution in [0.2, 0.25) is 0 Å². The number of hydrogen-bond acceptors (Lipinski definition) is 1. The van der Waals surface area contributed by atoms with Crippen molar-refractivity contribution in [1.82, 2.24) is 9.13 Å². The molecule has 2 heterocycles. The Morgan fingerprint density at radius 1 is 0.365 bits per heavy atom. The molecule has 0 bridgehead atoms. The second-order valence-corrected chi connectivity index (χ2v) is 15.7. The van der Waals surface area contributed by atoms with E-state index in [1.165, 1.54) is 66.3 Å². The number of rotatable bonds is 2. The SMILES string of the molecule is CC1(C)c2ccccc2-c2cc3c4cc5c(cc4n(-c4ccc(-n6c7ccccc7c(=O)c7ccccc76)cc4)c3cc21)C(C)(C)c1ccccc1-5. The Kier molecular flexibility index (Phi) is 5.67. The van der Waals surface area contributed by atoms with E-state index in [1.54, 1.807) is 0 Å². The molecule has 0 amide bonds. The van der Waals surface area contributed by atoms with Gasteiger partial charge in [0.25, 0.3) is 0 Å². The highest BCUT2D eigenvalue weighted by molar-refractivity contribution is 6.13. The van der Waals surface area contributed by atoms with Crippen molar-refractivity contribution in [3.05, 3.63) is 178 Å². The minimum Gasteiger partial charge on any atom is -0.309 e. The quantitative estimate of drug-likeness (QED) is 0.168. The van der Waals surface area contributed by atoms with Crippen LogP contribution >= 0.6 is 0 Å². The standard InChI is InChI=1S/C49H36N2O/c1-48(2)39-17-9-5-13-31(39)35-25-37-38-26-36-32-14-6-10-18-40(32)49(3,4)42(36)28-46(38)51(45(37)27-41(35)48)30-23-21-29(22-24-30)50-43-19-11-7-15-33(43)47(52)34-16-8-12-20-44(34)50/h5-28H,1-4H3. The van der Waals surface area contributed by atoms with Gasteiger partial charge in [-0.3, -0.25) is 4.79 Å². The van der Waals surface area contributed by atoms with E-state index in [1.807, 2.05) is 48.5 Å². The monoisotopic (exact) mass is 668 g/mol. The first-order valence-electron chi connectivity index (χ1n) is 18.2. The van der Waals surface area contributed by atoms with Gasteiger partial charge in [-0.25, -0.2) is 0 Å². The highest BCUT2D eigenvalue weighted by atomic mass is 16.1. The number of aromatic nitrogens is 2. The summed E-state index contributed by atoms with van der Waals surface area (Å²) in [5.41, 5.74) is 17.1. The van der Waals surface area contributed by atoms with Crippen LogP contribution in [-0.2, 0) is 10.8 Å². The summed E-state index contributed by atoms with van der Waals surface area (Å²) in [5.74, 6) is 0. The van der Waals surface area contributed by atoms with Gasteiger partial charge in [0.05, 0.1) is 22.1 Å². The van der Waals surface area contributed by atoms with E-state index in [9.17, 15) is 4.79 Å². The lowest BCUT2D eigenvalue weighted by Gasteiger charge is -2.22. The molecule has 0 saturated carbocycles. The molecule has 3 heteroatoms. The van der Waals surface area contributed by atoms with Gasteiger partial charge in [-0.05, 0) is 117 Å². The average molecular weight is 669 g/mol. The van der Waals surface area contributed by atoms with Gasteiger partial charge in [0.2, 0.25) is 0 Å². The summed E-state index contributed by atoms with van der Waals surface area (Å²) in [7, 11) is 0. The van der Waals surface area contributed by atoms with Crippen LogP contribution in [-0.4, -0.2) is 9.13 Å². The molecular formula is C49H36N2O. The fourth-order valence-corrected chi connectivity index (χ4v) is 9.71. The molecule has 7 aromatic carbocycles. The fourth-order valence-electron chi connectivity index (χ4n) is 9.71. The predicted octanol–water partition coefficient (Wildman–Crippen LogP) is 11.9. The summed E-state index contributed by atoms with van der Waals surface area (Å²) in [5, 5.41) is 3.99. The number of hydrogen-bond donors (Lipinski definition) is 0. The van der Waals surface area contributed by atoms with E-state index in [0.29, 0.717) is 0 Å². The van der Waals surface area contributed by atoms with Gasteiger partial charge in [0.1, 0.15) is 0 Å². The zero-order valence-electron chi connectivity index (χ0n) is 29.7. The maximum absolute atomic E-state index is 13.5. The highest BCUT2D eigenvalue weighted by Crippen LogP contribution is 2.54. The molecule has 0 N–H and O–H groups in total. The molecule has 3 nitrogen and oxygen atoms in total. The summed E-state index contributed by atoms with van der Waals surface area (Å²) in [6.07, 6.45) is 0. The van der Waals surface area contributed by atoms with Crippen molar-refractivity contribution in [1.29, 1.82) is 0 Å². The lowest BCUT2D eigenvalue weighted by molar-refractivity contribution is 0.660. The van der Waals surface area contributed by atoms with Crippen LogP contribution in [0.1, 0.15) is 49.9 Å². The van der Waals surface area contributed by atoms with Crippen molar-refractivity contribution in [2.24, 2.45) is 0 Å². The van der Waals surface area contributed by atoms with Crippen molar-refractivity contribution in [2.75, 3.05) is 0 Å². The van der Waals surface area contributed by atoms with Gasteiger partial charge in [-0.2, -0.15) is 0 Å². The van der Waals surface area contributed by atoms with Crippen LogP contribution in [0.3, 0.4) is 0 Å². The normalized spacial score (nSPS) is 14.9. The third kappa shape index (κ3) is 3.67. The van der Waals surface area contributed by atoms with Crippen molar-refractivity contribution >= 4 is 43.6 Å². The zero-order valence-corrected chi connectivity index (χ0v) is 29.7. The first-order valence-corrected chi connectivity index (χ1v) is 18.2. The van der Waals surface area contributed by atoms with Gasteiger partial charge in [0, 0.05) is 43.7 Å². The van der Waals surface area contributed by atoms with Gasteiger partial charge < -0.3 is 9.13 Å². The minimum atomic E-state index is -0.111. The average Bonchev–Trinajstić information content (AvgIpc) is 3.70. The van der Waals surface area contributed by atoms with Crippen molar-refractivity contribution in [3.63, 3.8) is 0 Å². The Balaban J connectivity index is 1.20. The summed E-state index contributed by atoms with van der Waals surface area (Å²) < 4.78 is 4.70. The van der Waals surface area contributed by atoms with Crippen molar-refractivity contribution in [3.8, 4) is 33.6 Å². The molecule has 11 rings (SSSR count). The van der Waals surface area contributed by atoms with E-state index in [4.69, 9.17) is 0 Å². The van der Waals surface area contributed by atoms with Crippen LogP contribution in [0.15, 0.2) is 150 Å². The summed E-state index contributed by atoms with van der Waals surface area (Å²) in [6, 6.07) is 52.4. The van der Waals surface area contributed by atoms with Crippen molar-refractivity contribution in [2.45, 2.75) is 38.5 Å². The highest BCUT2D eigenvalue weighted by Gasteiger charge is 2.38. The molecule has 248 valence electrons. The number of nitrogens with zero attached hydrogens (tertiary/aromatic N) is 2. The molecule has 0 unspecified atom stereocenters. The fraction of sp³-hybridized carbons (Fsp3) is 0.122. The maximum atomic E-state index is 13.5. The molecule has 9 aromatic rings. The molecule has 0 fully saturated rings. The Bertz CT molecular complexity index is 2900. The van der Waals surface area contributed by atoms with Gasteiger partial charge >= 0.3 is 0 Å². The number of benzene rings is 7. The van der Waals surface area contributed by atoms with Crippen LogP contribution < -0.4 is 5.43 Å². The van der Waals surface area contributed by atoms with Crippen LogP contribution in [0.5, 0.6) is 0 Å². The van der Waals surface area contributed by atoms with Crippen LogP contribution in [0, 0.1) is 0 Å². The van der Waals surface area contributed by atoms with E-state index < -0.39 is 0 Å². The first kappa shape index (κ1) is 29.5. The Hall–Kier alpha value is -6.19. The summed E-state index contributed by atoms with van der Waals surface area (Å²) in [4.78, 5) is 13.5. The lowest BCUT2D eigenvalue weighted by atomic mass is 9.82. The van der Waals surface area contributed by atoms with E-state index >= 15 is 0 Å². The number of pyridine rings is 1. The Morgan fingerprint density at radius 3 is 1.21 bits per heavy atom. The predicted molar refractivity (Wildman–Crippen MR) is 217 cm³/mol. The third-order valence-corrected chi connectivity index (χ3v) is 12.3. The van der Waals surface area contributed by atoms with Gasteiger partial charge in [-0.15, -0.1) is 0 Å². The van der Waals surface area contributed by atoms with Gasteiger partial charge in [0.15, 0.2) is 5.43 Å². The van der Waals surface area contributed by atoms with Crippen LogP contribution in [0.4, 0.5) is 0 Å². The molecule has 2 aromatic heterocycles. The Labute approximate surface area is 302 Å². The topological polar surface area (TPSA) is 26.9 Å². The summed E-state index contributed by atoms with van der Waals surface area (Å²) >= 11 is 0. The van der Waals surface area contributed by atoms with E-state index in [-0.39, 0.29) is 16.3 Å². The molecule has 0 aliphatic heterocycles. The molecule has 0 radical (unpaired) electrons. The lowest BCUT2D eigenvalue weighted by Crippen LogP contribution is -2.15. The number of fused-ring (bicyclic) bond motifs is 11. The molecule has 2 aliphatic carbocycles. The van der Waals surface area contributed by atoms with E-state index in [2.05, 4.69) is 134 Å². The molecule has 2 aliphatic rings. The first-order chi connectivity index (χ1) is 25.2. The van der Waals surface area contributed by atoms with Crippen LogP contribution in [0.25, 0.3) is 77.2 Å². The summed E-state index contributed by atoms with van der Waals surface area (Å²) in [6.45, 7) is 9.44. The number of para-hydroxylation sites is 2. The van der Waals surface area contributed by atoms with Gasteiger partial charge in [-0.1, -0.05) is 100 Å². The molecule has 52 heavy (non-hydrogen) atoms. The maximum Gasteiger partial charge on any atom is 0.197 e. The molecule has 0 spiro atoms.